The van der Waals surface area contributed by atoms with Gasteiger partial charge in [0.05, 0.1) is 17.3 Å². The smallest absolute Gasteiger partial charge is 0.225 e. The monoisotopic (exact) mass is 353 g/mol. The maximum atomic E-state index is 12.6. The number of likely N-dealkylation sites (tertiary alicyclic amines) is 1. The second-order valence-corrected chi connectivity index (χ2v) is 9.28. The molecule has 138 valence electrons. The number of benzene rings is 1. The minimum Gasteiger partial charge on any atom is -0.390 e. The Hall–Kier alpha value is -1.88. The van der Waals surface area contributed by atoms with E-state index in [1.165, 1.54) is 35.7 Å². The first-order chi connectivity index (χ1) is 12.4. The van der Waals surface area contributed by atoms with Gasteiger partial charge in [-0.2, -0.15) is 5.10 Å². The van der Waals surface area contributed by atoms with Crippen LogP contribution >= 0.6 is 0 Å². The molecule has 1 saturated heterocycles. The van der Waals surface area contributed by atoms with Gasteiger partial charge < -0.3 is 10.0 Å². The van der Waals surface area contributed by atoms with Crippen molar-refractivity contribution >= 4 is 16.8 Å². The number of carbonyl (C=O) groups is 1. The number of fused-ring (bicyclic) bond motifs is 1. The minimum atomic E-state index is -0.621. The first-order valence-corrected chi connectivity index (χ1v) is 9.78. The van der Waals surface area contributed by atoms with Crippen molar-refractivity contribution in [2.75, 3.05) is 13.1 Å². The number of carbonyl (C=O) groups excluding carboxylic acids is 1. The van der Waals surface area contributed by atoms with Crippen LogP contribution in [0, 0.1) is 11.3 Å². The Balaban J connectivity index is 1.26. The van der Waals surface area contributed by atoms with Crippen molar-refractivity contribution in [3.8, 4) is 0 Å². The largest absolute Gasteiger partial charge is 0.390 e. The van der Waals surface area contributed by atoms with Crippen LogP contribution < -0.4 is 0 Å². The molecule has 2 saturated carbocycles. The number of hydrogen-bond donors (Lipinski definition) is 1. The fraction of sp³-hybridized carbons (Fsp3) is 0.619. The molecule has 1 aromatic heterocycles. The standard InChI is InChI=1S/C21H27N3O2/c1-20(26)8-15(9-20)19(25)24-12-21(13-24)7-6-14(10-21)16-4-3-5-18-17(16)11-22-23(18)2/h3-5,11,14-15,26H,6-10,12-13H2,1-2H3. The molecule has 1 amide bonds. The average Bonchev–Trinajstić information content (AvgIpc) is 3.15. The van der Waals surface area contributed by atoms with Gasteiger partial charge in [-0.1, -0.05) is 12.1 Å². The normalized spacial score (nSPS) is 32.7. The van der Waals surface area contributed by atoms with E-state index in [2.05, 4.69) is 23.3 Å². The second kappa shape index (κ2) is 5.32. The number of nitrogens with zero attached hydrogens (tertiary/aromatic N) is 3. The third-order valence-corrected chi connectivity index (χ3v) is 7.05. The van der Waals surface area contributed by atoms with Crippen LogP contribution in [0.2, 0.25) is 0 Å². The molecule has 5 rings (SSSR count). The molecule has 3 fully saturated rings. The summed E-state index contributed by atoms with van der Waals surface area (Å²) in [6.45, 7) is 3.64. The number of rotatable bonds is 2. The molecule has 5 heteroatoms. The van der Waals surface area contributed by atoms with Crippen molar-refractivity contribution in [1.29, 1.82) is 0 Å². The summed E-state index contributed by atoms with van der Waals surface area (Å²) in [6.07, 6.45) is 6.83. The van der Waals surface area contributed by atoms with Gasteiger partial charge in [-0.05, 0) is 56.6 Å². The molecule has 0 bridgehead atoms. The van der Waals surface area contributed by atoms with E-state index >= 15 is 0 Å². The summed E-state index contributed by atoms with van der Waals surface area (Å²) in [5.41, 5.74) is 2.32. The zero-order valence-electron chi connectivity index (χ0n) is 15.6. The van der Waals surface area contributed by atoms with Crippen LogP contribution in [0.15, 0.2) is 24.4 Å². The van der Waals surface area contributed by atoms with E-state index in [1.54, 1.807) is 0 Å². The fourth-order valence-corrected chi connectivity index (χ4v) is 5.67. The van der Waals surface area contributed by atoms with Crippen LogP contribution in [0.5, 0.6) is 0 Å². The lowest BCUT2D eigenvalue weighted by molar-refractivity contribution is -0.161. The van der Waals surface area contributed by atoms with E-state index in [-0.39, 0.29) is 11.8 Å². The van der Waals surface area contributed by atoms with E-state index < -0.39 is 5.60 Å². The van der Waals surface area contributed by atoms with Crippen LogP contribution in [-0.4, -0.2) is 44.4 Å². The van der Waals surface area contributed by atoms with Gasteiger partial charge in [-0.25, -0.2) is 0 Å². The molecular formula is C21H27N3O2. The Morgan fingerprint density at radius 3 is 2.77 bits per heavy atom. The summed E-state index contributed by atoms with van der Waals surface area (Å²) in [7, 11) is 2.00. The van der Waals surface area contributed by atoms with Crippen molar-refractivity contribution < 1.29 is 9.90 Å². The summed E-state index contributed by atoms with van der Waals surface area (Å²) in [5.74, 6) is 0.883. The summed E-state index contributed by atoms with van der Waals surface area (Å²) >= 11 is 0. The van der Waals surface area contributed by atoms with Crippen molar-refractivity contribution in [1.82, 2.24) is 14.7 Å². The quantitative estimate of drug-likeness (QED) is 0.903. The van der Waals surface area contributed by atoms with Gasteiger partial charge in [0.25, 0.3) is 0 Å². The molecule has 3 aliphatic rings. The number of aromatic nitrogens is 2. The zero-order chi connectivity index (χ0) is 18.1. The van der Waals surface area contributed by atoms with E-state index in [1.807, 2.05) is 29.7 Å². The lowest BCUT2D eigenvalue weighted by Gasteiger charge is -2.52. The summed E-state index contributed by atoms with van der Waals surface area (Å²) < 4.78 is 1.95. The summed E-state index contributed by atoms with van der Waals surface area (Å²) in [5, 5.41) is 15.6. The van der Waals surface area contributed by atoms with Gasteiger partial charge in [0.1, 0.15) is 0 Å². The predicted octanol–water partition coefficient (Wildman–Crippen LogP) is 2.83. The van der Waals surface area contributed by atoms with Gasteiger partial charge in [0.2, 0.25) is 5.91 Å². The van der Waals surface area contributed by atoms with Gasteiger partial charge in [0.15, 0.2) is 0 Å². The van der Waals surface area contributed by atoms with Gasteiger partial charge in [-0.15, -0.1) is 0 Å². The maximum absolute atomic E-state index is 12.6. The highest BCUT2D eigenvalue weighted by Crippen LogP contribution is 2.53. The molecule has 0 radical (unpaired) electrons. The molecule has 1 aliphatic heterocycles. The van der Waals surface area contributed by atoms with E-state index in [4.69, 9.17) is 0 Å². The maximum Gasteiger partial charge on any atom is 0.225 e. The van der Waals surface area contributed by atoms with Crippen molar-refractivity contribution in [2.24, 2.45) is 18.4 Å². The summed E-state index contributed by atoms with van der Waals surface area (Å²) in [6, 6.07) is 6.53. The number of amides is 1. The third-order valence-electron chi connectivity index (χ3n) is 7.05. The molecule has 2 aromatic rings. The highest BCUT2D eigenvalue weighted by atomic mass is 16.3. The highest BCUT2D eigenvalue weighted by molar-refractivity contribution is 5.83. The van der Waals surface area contributed by atoms with E-state index in [0.717, 1.165) is 13.1 Å². The Morgan fingerprint density at radius 2 is 2.04 bits per heavy atom. The Kier molecular flexibility index (Phi) is 3.34. The molecule has 1 N–H and O–H groups in total. The lowest BCUT2D eigenvalue weighted by atomic mass is 9.69. The lowest BCUT2D eigenvalue weighted by Crippen LogP contribution is -2.61. The Morgan fingerprint density at radius 1 is 1.27 bits per heavy atom. The van der Waals surface area contributed by atoms with E-state index in [0.29, 0.717) is 24.2 Å². The molecule has 1 spiro atoms. The van der Waals surface area contributed by atoms with Crippen molar-refractivity contribution in [2.45, 2.75) is 50.5 Å². The van der Waals surface area contributed by atoms with Gasteiger partial charge >= 0.3 is 0 Å². The SMILES string of the molecule is Cn1ncc2c(C3CCC4(C3)CN(C(=O)C3CC(C)(O)C3)C4)cccc21. The first-order valence-electron chi connectivity index (χ1n) is 9.78. The molecule has 2 heterocycles. The number of aliphatic hydroxyl groups is 1. The predicted molar refractivity (Wildman–Crippen MR) is 99.7 cm³/mol. The molecule has 1 atom stereocenters. The molecule has 1 unspecified atom stereocenters. The Labute approximate surface area is 154 Å². The molecule has 2 aliphatic carbocycles. The van der Waals surface area contributed by atoms with Crippen molar-refractivity contribution in [3.05, 3.63) is 30.0 Å². The number of hydrogen-bond acceptors (Lipinski definition) is 3. The number of aryl methyl sites for hydroxylation is 1. The van der Waals surface area contributed by atoms with Crippen LogP contribution in [0.4, 0.5) is 0 Å². The molecule has 1 aromatic carbocycles. The van der Waals surface area contributed by atoms with Crippen LogP contribution in [0.25, 0.3) is 10.9 Å². The molecular weight excluding hydrogens is 326 g/mol. The van der Waals surface area contributed by atoms with Crippen LogP contribution in [0.3, 0.4) is 0 Å². The van der Waals surface area contributed by atoms with Gasteiger partial charge in [-0.3, -0.25) is 9.48 Å². The Bertz CT molecular complexity index is 871. The topological polar surface area (TPSA) is 58.4 Å². The zero-order valence-corrected chi connectivity index (χ0v) is 15.6. The summed E-state index contributed by atoms with van der Waals surface area (Å²) in [4.78, 5) is 14.6. The minimum absolute atomic E-state index is 0.0451. The fourth-order valence-electron chi connectivity index (χ4n) is 5.67. The van der Waals surface area contributed by atoms with Crippen LogP contribution in [-0.2, 0) is 11.8 Å². The average molecular weight is 353 g/mol. The highest BCUT2D eigenvalue weighted by Gasteiger charge is 2.53. The second-order valence-electron chi connectivity index (χ2n) is 9.28. The van der Waals surface area contributed by atoms with Gasteiger partial charge in [0, 0.05) is 36.9 Å². The first kappa shape index (κ1) is 16.3. The van der Waals surface area contributed by atoms with E-state index in [9.17, 15) is 9.90 Å². The third kappa shape index (κ3) is 2.40. The molecule has 26 heavy (non-hydrogen) atoms. The molecule has 5 nitrogen and oxygen atoms in total. The van der Waals surface area contributed by atoms with Crippen LogP contribution in [0.1, 0.15) is 50.5 Å². The van der Waals surface area contributed by atoms with Crippen molar-refractivity contribution in [3.63, 3.8) is 0 Å².